The summed E-state index contributed by atoms with van der Waals surface area (Å²) in [6, 6.07) is 0. The van der Waals surface area contributed by atoms with Crippen molar-refractivity contribution in [2.45, 2.75) is 12.8 Å². The van der Waals surface area contributed by atoms with Gasteiger partial charge in [-0.25, -0.2) is 0 Å². The Balaban J connectivity index is 2.39. The summed E-state index contributed by atoms with van der Waals surface area (Å²) in [6.07, 6.45) is 2.48. The van der Waals surface area contributed by atoms with Crippen LogP contribution in [-0.2, 0) is 0 Å². The molecule has 1 unspecified atom stereocenters. The molecule has 1 atom stereocenters. The topological polar surface area (TPSA) is 0 Å². The second kappa shape index (κ2) is 1.11. The molecule has 0 saturated heterocycles. The lowest BCUT2D eigenvalue weighted by molar-refractivity contribution is 0.532. The molecular formula is C6H9. The van der Waals surface area contributed by atoms with Crippen LogP contribution < -0.4 is 0 Å². The van der Waals surface area contributed by atoms with E-state index in [1.807, 2.05) is 0 Å². The molecule has 0 amide bonds. The minimum Gasteiger partial charge on any atom is -0.0996 e. The van der Waals surface area contributed by atoms with Gasteiger partial charge in [0.05, 0.1) is 0 Å². The molecule has 1 aliphatic carbocycles. The summed E-state index contributed by atoms with van der Waals surface area (Å²) in [7, 11) is 0. The Bertz CT molecular complexity index is 72.1. The Kier molecular flexibility index (Phi) is 0.722. The second-order valence-corrected chi connectivity index (χ2v) is 1.89. The lowest BCUT2D eigenvalue weighted by Gasteiger charge is -2.23. The van der Waals surface area contributed by atoms with Crippen molar-refractivity contribution < 1.29 is 0 Å². The number of allylic oxidation sites excluding steroid dienone is 1. The van der Waals surface area contributed by atoms with Crippen LogP contribution in [-0.4, -0.2) is 0 Å². The molecule has 0 bridgehead atoms. The van der Waals surface area contributed by atoms with Crippen molar-refractivity contribution in [1.82, 2.24) is 0 Å². The zero-order valence-corrected chi connectivity index (χ0v) is 3.91. The predicted octanol–water partition coefficient (Wildman–Crippen LogP) is 1.79. The number of hydrogen-bond acceptors (Lipinski definition) is 0. The highest BCUT2D eigenvalue weighted by molar-refractivity contribution is 5.10. The van der Waals surface area contributed by atoms with Crippen molar-refractivity contribution in [3.8, 4) is 0 Å². The van der Waals surface area contributed by atoms with Crippen LogP contribution in [0.25, 0.3) is 0 Å². The Hall–Kier alpha value is -0.260. The summed E-state index contributed by atoms with van der Waals surface area (Å²) in [6.45, 7) is 7.60. The second-order valence-electron chi connectivity index (χ2n) is 1.89. The van der Waals surface area contributed by atoms with Gasteiger partial charge in [0.2, 0.25) is 0 Å². The van der Waals surface area contributed by atoms with Crippen LogP contribution in [0.4, 0.5) is 0 Å². The summed E-state index contributed by atoms with van der Waals surface area (Å²) in [4.78, 5) is 0. The van der Waals surface area contributed by atoms with Gasteiger partial charge in [-0.3, -0.25) is 0 Å². The monoisotopic (exact) mass is 81.1 g/mol. The van der Waals surface area contributed by atoms with E-state index in [0.717, 1.165) is 0 Å². The molecule has 1 aliphatic rings. The summed E-state index contributed by atoms with van der Waals surface area (Å²) in [5, 5.41) is 0. The van der Waals surface area contributed by atoms with Crippen LogP contribution in [0.15, 0.2) is 12.2 Å². The van der Waals surface area contributed by atoms with Crippen molar-refractivity contribution in [3.63, 3.8) is 0 Å². The molecule has 1 fully saturated rings. The van der Waals surface area contributed by atoms with Crippen molar-refractivity contribution in [2.24, 2.45) is 5.92 Å². The van der Waals surface area contributed by atoms with Gasteiger partial charge >= 0.3 is 0 Å². The molecule has 0 heteroatoms. The maximum atomic E-state index is 3.83. The van der Waals surface area contributed by atoms with Crippen molar-refractivity contribution in [3.05, 3.63) is 19.1 Å². The molecule has 0 aromatic rings. The van der Waals surface area contributed by atoms with Crippen molar-refractivity contribution in [1.29, 1.82) is 0 Å². The van der Waals surface area contributed by atoms with Crippen LogP contribution in [0.1, 0.15) is 12.8 Å². The average Bonchev–Trinajstić information content (AvgIpc) is 1.61. The molecule has 1 rings (SSSR count). The van der Waals surface area contributed by atoms with Gasteiger partial charge < -0.3 is 0 Å². The van der Waals surface area contributed by atoms with E-state index < -0.39 is 0 Å². The van der Waals surface area contributed by atoms with Crippen LogP contribution in [0.2, 0.25) is 0 Å². The third kappa shape index (κ3) is 0.368. The first kappa shape index (κ1) is 3.91. The fraction of sp³-hybridized carbons (Fsp3) is 0.500. The van der Waals surface area contributed by atoms with E-state index in [4.69, 9.17) is 0 Å². The van der Waals surface area contributed by atoms with E-state index in [9.17, 15) is 0 Å². The van der Waals surface area contributed by atoms with Crippen molar-refractivity contribution in [2.75, 3.05) is 0 Å². The first-order valence-corrected chi connectivity index (χ1v) is 2.31. The van der Waals surface area contributed by atoms with Gasteiger partial charge in [-0.05, 0) is 25.7 Å². The summed E-state index contributed by atoms with van der Waals surface area (Å²) < 4.78 is 0. The smallest absolute Gasteiger partial charge is 0.0203 e. The predicted molar refractivity (Wildman–Crippen MR) is 27.2 cm³/mol. The van der Waals surface area contributed by atoms with Crippen molar-refractivity contribution >= 4 is 0 Å². The first-order valence-electron chi connectivity index (χ1n) is 2.31. The Morgan fingerprint density at radius 3 is 2.17 bits per heavy atom. The van der Waals surface area contributed by atoms with Crippen LogP contribution in [0, 0.1) is 12.8 Å². The maximum absolute atomic E-state index is 3.83. The Morgan fingerprint density at radius 2 is 2.17 bits per heavy atom. The van der Waals surface area contributed by atoms with Crippen LogP contribution >= 0.6 is 0 Å². The summed E-state index contributed by atoms with van der Waals surface area (Å²) in [5.74, 6) is 0.588. The maximum Gasteiger partial charge on any atom is -0.0203 e. The van der Waals surface area contributed by atoms with E-state index in [1.54, 1.807) is 0 Å². The zero-order valence-electron chi connectivity index (χ0n) is 3.91. The molecule has 0 heterocycles. The quantitative estimate of drug-likeness (QED) is 0.390. The lowest BCUT2D eigenvalue weighted by Crippen LogP contribution is -2.09. The molecule has 6 heavy (non-hydrogen) atoms. The van der Waals surface area contributed by atoms with E-state index in [2.05, 4.69) is 13.5 Å². The standard InChI is InChI=1S/C6H9/c1-5-3-4-6(5)2/h5H,1-4H2. The molecule has 1 saturated carbocycles. The lowest BCUT2D eigenvalue weighted by atomic mass is 9.82. The zero-order chi connectivity index (χ0) is 4.57. The largest absolute Gasteiger partial charge is 0.0996 e. The number of rotatable bonds is 0. The normalized spacial score (nSPS) is 32.8. The minimum atomic E-state index is 0.588. The molecule has 0 aromatic heterocycles. The molecular weight excluding hydrogens is 72.1 g/mol. The van der Waals surface area contributed by atoms with E-state index in [-0.39, 0.29) is 0 Å². The summed E-state index contributed by atoms with van der Waals surface area (Å²) >= 11 is 0. The highest BCUT2D eigenvalue weighted by Crippen LogP contribution is 2.29. The Morgan fingerprint density at radius 1 is 1.67 bits per heavy atom. The van der Waals surface area contributed by atoms with Gasteiger partial charge in [0.15, 0.2) is 0 Å². The average molecular weight is 81.1 g/mol. The van der Waals surface area contributed by atoms with Crippen LogP contribution in [0.3, 0.4) is 0 Å². The highest BCUT2D eigenvalue weighted by atomic mass is 14.2. The molecule has 0 aliphatic heterocycles. The SMILES string of the molecule is [CH2]C1CCC1=C. The van der Waals surface area contributed by atoms with E-state index >= 15 is 0 Å². The minimum absolute atomic E-state index is 0.588. The van der Waals surface area contributed by atoms with Crippen LogP contribution in [0.5, 0.6) is 0 Å². The molecule has 0 spiro atoms. The first-order chi connectivity index (χ1) is 2.80. The van der Waals surface area contributed by atoms with E-state index in [1.165, 1.54) is 18.4 Å². The fourth-order valence-corrected chi connectivity index (χ4v) is 0.553. The molecule has 1 radical (unpaired) electrons. The van der Waals surface area contributed by atoms with Gasteiger partial charge in [0, 0.05) is 0 Å². The third-order valence-electron chi connectivity index (χ3n) is 1.39. The van der Waals surface area contributed by atoms with Gasteiger partial charge in [-0.15, -0.1) is 0 Å². The van der Waals surface area contributed by atoms with Gasteiger partial charge in [0.1, 0.15) is 0 Å². The highest BCUT2D eigenvalue weighted by Gasteiger charge is 2.15. The van der Waals surface area contributed by atoms with Gasteiger partial charge in [-0.2, -0.15) is 0 Å². The van der Waals surface area contributed by atoms with E-state index in [0.29, 0.717) is 5.92 Å². The molecule has 0 aromatic carbocycles. The Labute approximate surface area is 38.9 Å². The van der Waals surface area contributed by atoms with Gasteiger partial charge in [-0.1, -0.05) is 12.2 Å². The number of hydrogen-bond donors (Lipinski definition) is 0. The van der Waals surface area contributed by atoms with Gasteiger partial charge in [0.25, 0.3) is 0 Å². The molecule has 33 valence electrons. The summed E-state index contributed by atoms with van der Waals surface area (Å²) in [5.41, 5.74) is 1.33. The molecule has 0 N–H and O–H groups in total. The third-order valence-corrected chi connectivity index (χ3v) is 1.39. The molecule has 0 nitrogen and oxygen atoms in total. The fourth-order valence-electron chi connectivity index (χ4n) is 0.553.